The molecule has 2 N–H and O–H groups in total. The molecule has 0 bridgehead atoms. The van der Waals surface area contributed by atoms with Gasteiger partial charge >= 0.3 is 0 Å². The summed E-state index contributed by atoms with van der Waals surface area (Å²) >= 11 is 0. The molecule has 1 amide bonds. The molecule has 0 spiro atoms. The van der Waals surface area contributed by atoms with Gasteiger partial charge in [0.05, 0.1) is 11.3 Å². The van der Waals surface area contributed by atoms with E-state index in [2.05, 4.69) is 6.07 Å². The highest BCUT2D eigenvalue weighted by Crippen LogP contribution is 2.19. The Morgan fingerprint density at radius 3 is 2.78 bits per heavy atom. The van der Waals surface area contributed by atoms with Crippen LogP contribution >= 0.6 is 0 Å². The summed E-state index contributed by atoms with van der Waals surface area (Å²) in [4.78, 5) is 13.8. The number of para-hydroxylation sites is 1. The Morgan fingerprint density at radius 2 is 2.11 bits per heavy atom. The lowest BCUT2D eigenvalue weighted by atomic mass is 10.0. The number of anilines is 1. The number of nitrogens with zero attached hydrogens (tertiary/aromatic N) is 2. The number of amides is 1. The van der Waals surface area contributed by atoms with Gasteiger partial charge in [-0.3, -0.25) is 4.79 Å². The third-order valence-corrected chi connectivity index (χ3v) is 3.38. The summed E-state index contributed by atoms with van der Waals surface area (Å²) < 4.78 is 0. The second-order valence-corrected chi connectivity index (χ2v) is 4.58. The molecule has 1 fully saturated rings. The molecule has 0 aromatic heterocycles. The van der Waals surface area contributed by atoms with E-state index in [0.717, 1.165) is 31.5 Å². The number of nitrogen functional groups attached to an aromatic ring is 1. The molecule has 0 atom stereocenters. The van der Waals surface area contributed by atoms with Gasteiger partial charge in [0, 0.05) is 19.5 Å². The number of carbonyl (C=O) groups is 1. The fourth-order valence-corrected chi connectivity index (χ4v) is 2.29. The third-order valence-electron chi connectivity index (χ3n) is 3.38. The molecule has 1 aliphatic heterocycles. The summed E-state index contributed by atoms with van der Waals surface area (Å²) in [5, 5.41) is 8.89. The topological polar surface area (TPSA) is 70.1 Å². The van der Waals surface area contributed by atoms with Gasteiger partial charge in [-0.25, -0.2) is 0 Å². The van der Waals surface area contributed by atoms with Crippen LogP contribution in [0.5, 0.6) is 0 Å². The maximum absolute atomic E-state index is 11.9. The average molecular weight is 243 g/mol. The first-order chi connectivity index (χ1) is 8.72. The predicted octanol–water partition coefficient (Wildman–Crippen LogP) is 1.70. The molecule has 0 aliphatic carbocycles. The number of hydrogen-bond donors (Lipinski definition) is 1. The molecule has 0 unspecified atom stereocenters. The summed E-state index contributed by atoms with van der Waals surface area (Å²) in [7, 11) is 0. The average Bonchev–Trinajstić information content (AvgIpc) is 2.91. The van der Waals surface area contributed by atoms with Crippen LogP contribution in [-0.2, 0) is 11.2 Å². The minimum absolute atomic E-state index is 0.189. The maximum Gasteiger partial charge on any atom is 0.222 e. The Labute approximate surface area is 107 Å². The van der Waals surface area contributed by atoms with Gasteiger partial charge in [-0.2, -0.15) is 5.26 Å². The van der Waals surface area contributed by atoms with Crippen molar-refractivity contribution in [3.63, 3.8) is 0 Å². The molecule has 4 heteroatoms. The zero-order chi connectivity index (χ0) is 13.0. The largest absolute Gasteiger partial charge is 0.397 e. The van der Waals surface area contributed by atoms with Crippen molar-refractivity contribution in [1.29, 1.82) is 5.26 Å². The van der Waals surface area contributed by atoms with Crippen molar-refractivity contribution in [2.75, 3.05) is 18.8 Å². The second kappa shape index (κ2) is 5.54. The SMILES string of the molecule is N#Cc1cccc(CCC(=O)N2CCCC2)c1N. The zero-order valence-electron chi connectivity index (χ0n) is 10.4. The maximum atomic E-state index is 11.9. The van der Waals surface area contributed by atoms with Crippen molar-refractivity contribution in [2.45, 2.75) is 25.7 Å². The van der Waals surface area contributed by atoms with E-state index in [1.807, 2.05) is 17.0 Å². The van der Waals surface area contributed by atoms with Crippen LogP contribution in [0.4, 0.5) is 5.69 Å². The first kappa shape index (κ1) is 12.4. The highest BCUT2D eigenvalue weighted by atomic mass is 16.2. The zero-order valence-corrected chi connectivity index (χ0v) is 10.4. The highest BCUT2D eigenvalue weighted by molar-refractivity contribution is 5.77. The molecule has 18 heavy (non-hydrogen) atoms. The number of likely N-dealkylation sites (tertiary alicyclic amines) is 1. The molecular formula is C14H17N3O. The van der Waals surface area contributed by atoms with Crippen molar-refractivity contribution in [2.24, 2.45) is 0 Å². The lowest BCUT2D eigenvalue weighted by molar-refractivity contribution is -0.130. The van der Waals surface area contributed by atoms with E-state index in [1.54, 1.807) is 6.07 Å². The molecular weight excluding hydrogens is 226 g/mol. The predicted molar refractivity (Wildman–Crippen MR) is 69.7 cm³/mol. The van der Waals surface area contributed by atoms with E-state index in [9.17, 15) is 4.79 Å². The van der Waals surface area contributed by atoms with Crippen LogP contribution in [0.15, 0.2) is 18.2 Å². The monoisotopic (exact) mass is 243 g/mol. The molecule has 1 aromatic rings. The van der Waals surface area contributed by atoms with Crippen LogP contribution in [-0.4, -0.2) is 23.9 Å². The third kappa shape index (κ3) is 2.62. The van der Waals surface area contributed by atoms with Gasteiger partial charge in [-0.05, 0) is 30.9 Å². The lowest BCUT2D eigenvalue weighted by Gasteiger charge is -2.15. The molecule has 0 radical (unpaired) electrons. The van der Waals surface area contributed by atoms with E-state index in [-0.39, 0.29) is 5.91 Å². The first-order valence-corrected chi connectivity index (χ1v) is 6.27. The Kier molecular flexibility index (Phi) is 3.83. The first-order valence-electron chi connectivity index (χ1n) is 6.27. The van der Waals surface area contributed by atoms with Crippen molar-refractivity contribution < 1.29 is 4.79 Å². The van der Waals surface area contributed by atoms with Crippen LogP contribution in [0, 0.1) is 11.3 Å². The Hall–Kier alpha value is -2.02. The fraction of sp³-hybridized carbons (Fsp3) is 0.429. The number of nitriles is 1. The van der Waals surface area contributed by atoms with Gasteiger partial charge in [-0.1, -0.05) is 12.1 Å². The van der Waals surface area contributed by atoms with E-state index in [1.165, 1.54) is 0 Å². The molecule has 4 nitrogen and oxygen atoms in total. The molecule has 2 rings (SSSR count). The minimum atomic E-state index is 0.189. The van der Waals surface area contributed by atoms with Gasteiger partial charge in [0.25, 0.3) is 0 Å². The number of carbonyl (C=O) groups excluding carboxylic acids is 1. The Morgan fingerprint density at radius 1 is 1.39 bits per heavy atom. The van der Waals surface area contributed by atoms with Crippen molar-refractivity contribution in [3.8, 4) is 6.07 Å². The molecule has 0 saturated carbocycles. The normalized spacial score (nSPS) is 14.5. The number of nitrogens with two attached hydrogens (primary N) is 1. The van der Waals surface area contributed by atoms with Gasteiger partial charge in [-0.15, -0.1) is 0 Å². The lowest BCUT2D eigenvalue weighted by Crippen LogP contribution is -2.27. The summed E-state index contributed by atoms with van der Waals surface area (Å²) in [5.41, 5.74) is 7.77. The quantitative estimate of drug-likeness (QED) is 0.821. The highest BCUT2D eigenvalue weighted by Gasteiger charge is 2.17. The smallest absolute Gasteiger partial charge is 0.222 e. The molecule has 94 valence electrons. The fourth-order valence-electron chi connectivity index (χ4n) is 2.29. The number of benzene rings is 1. The van der Waals surface area contributed by atoms with Gasteiger partial charge in [0.15, 0.2) is 0 Å². The summed E-state index contributed by atoms with van der Waals surface area (Å²) in [6.07, 6.45) is 3.30. The van der Waals surface area contributed by atoms with Gasteiger partial charge in [0.1, 0.15) is 6.07 Å². The van der Waals surface area contributed by atoms with Crippen molar-refractivity contribution in [1.82, 2.24) is 4.90 Å². The van der Waals surface area contributed by atoms with Crippen LogP contribution < -0.4 is 5.73 Å². The molecule has 1 saturated heterocycles. The van der Waals surface area contributed by atoms with Crippen LogP contribution in [0.2, 0.25) is 0 Å². The van der Waals surface area contributed by atoms with Gasteiger partial charge in [0.2, 0.25) is 5.91 Å². The molecule has 1 aromatic carbocycles. The van der Waals surface area contributed by atoms with Crippen LogP contribution in [0.1, 0.15) is 30.4 Å². The Bertz CT molecular complexity index is 484. The number of hydrogen-bond acceptors (Lipinski definition) is 3. The van der Waals surface area contributed by atoms with E-state index in [0.29, 0.717) is 24.1 Å². The number of rotatable bonds is 3. The summed E-state index contributed by atoms with van der Waals surface area (Å²) in [6, 6.07) is 7.45. The molecule has 1 aliphatic rings. The van der Waals surface area contributed by atoms with E-state index < -0.39 is 0 Å². The molecule has 1 heterocycles. The van der Waals surface area contributed by atoms with Crippen LogP contribution in [0.3, 0.4) is 0 Å². The van der Waals surface area contributed by atoms with Crippen molar-refractivity contribution >= 4 is 11.6 Å². The standard InChI is InChI=1S/C14H17N3O/c15-10-12-5-3-4-11(14(12)16)6-7-13(18)17-8-1-2-9-17/h3-5H,1-2,6-9,16H2. The van der Waals surface area contributed by atoms with E-state index in [4.69, 9.17) is 11.0 Å². The van der Waals surface area contributed by atoms with Crippen molar-refractivity contribution in [3.05, 3.63) is 29.3 Å². The van der Waals surface area contributed by atoms with Gasteiger partial charge < -0.3 is 10.6 Å². The second-order valence-electron chi connectivity index (χ2n) is 4.58. The minimum Gasteiger partial charge on any atom is -0.397 e. The van der Waals surface area contributed by atoms with E-state index >= 15 is 0 Å². The summed E-state index contributed by atoms with van der Waals surface area (Å²) in [6.45, 7) is 1.76. The summed E-state index contributed by atoms with van der Waals surface area (Å²) in [5.74, 6) is 0.189. The van der Waals surface area contributed by atoms with Crippen LogP contribution in [0.25, 0.3) is 0 Å². The number of aryl methyl sites for hydroxylation is 1. The Balaban J connectivity index is 1.98.